The number of aromatic nitrogens is 1. The number of rotatable bonds is 3. The lowest BCUT2D eigenvalue weighted by Crippen LogP contribution is -2.00. The van der Waals surface area contributed by atoms with Crippen LogP contribution in [0.25, 0.3) is 10.9 Å². The summed E-state index contributed by atoms with van der Waals surface area (Å²) >= 11 is 0. The van der Waals surface area contributed by atoms with Crippen LogP contribution in [0.15, 0.2) is 42.5 Å². The molecule has 1 aliphatic rings. The van der Waals surface area contributed by atoms with E-state index in [2.05, 4.69) is 42.6 Å². The third-order valence-electron chi connectivity index (χ3n) is 4.53. The number of nitrogens with one attached hydrogen (secondary N) is 1. The van der Waals surface area contributed by atoms with Crippen LogP contribution in [0.3, 0.4) is 0 Å². The minimum absolute atomic E-state index is 0. The molecule has 0 saturated heterocycles. The van der Waals surface area contributed by atoms with Gasteiger partial charge in [0.2, 0.25) is 0 Å². The molecule has 0 aliphatic heterocycles. The number of pyridine rings is 1. The van der Waals surface area contributed by atoms with E-state index < -0.39 is 0 Å². The number of benzene rings is 2. The van der Waals surface area contributed by atoms with Crippen molar-refractivity contribution in [1.29, 1.82) is 0 Å². The van der Waals surface area contributed by atoms with Crippen molar-refractivity contribution in [2.75, 3.05) is 12.4 Å². The highest BCUT2D eigenvalue weighted by Crippen LogP contribution is 2.36. The molecule has 24 heavy (non-hydrogen) atoms. The monoisotopic (exact) mass is 340 g/mol. The molecular formula is C20H21ClN2O. The molecule has 0 fully saturated rings. The molecule has 0 spiro atoms. The van der Waals surface area contributed by atoms with E-state index in [9.17, 15) is 0 Å². The van der Waals surface area contributed by atoms with E-state index in [1.165, 1.54) is 34.3 Å². The topological polar surface area (TPSA) is 34.1 Å². The van der Waals surface area contributed by atoms with Gasteiger partial charge in [0, 0.05) is 16.8 Å². The molecule has 0 radical (unpaired) electrons. The molecule has 3 nitrogen and oxygen atoms in total. The molecule has 0 amide bonds. The third-order valence-corrected chi connectivity index (χ3v) is 4.53. The van der Waals surface area contributed by atoms with Crippen molar-refractivity contribution in [1.82, 2.24) is 4.98 Å². The summed E-state index contributed by atoms with van der Waals surface area (Å²) in [6.45, 7) is 2.13. The number of fused-ring (bicyclic) bond motifs is 2. The zero-order valence-corrected chi connectivity index (χ0v) is 14.7. The highest BCUT2D eigenvalue weighted by atomic mass is 35.5. The van der Waals surface area contributed by atoms with Crippen LogP contribution in [-0.2, 0) is 12.8 Å². The Balaban J connectivity index is 0.00000169. The first-order valence-corrected chi connectivity index (χ1v) is 8.08. The first-order chi connectivity index (χ1) is 11.2. The Morgan fingerprint density at radius 3 is 2.58 bits per heavy atom. The van der Waals surface area contributed by atoms with Gasteiger partial charge < -0.3 is 10.1 Å². The number of hydrogen-bond donors (Lipinski definition) is 1. The van der Waals surface area contributed by atoms with Crippen LogP contribution in [0.5, 0.6) is 5.75 Å². The smallest absolute Gasteiger partial charge is 0.119 e. The number of methoxy groups -OCH3 is 1. The van der Waals surface area contributed by atoms with Gasteiger partial charge >= 0.3 is 0 Å². The second kappa shape index (κ2) is 6.70. The van der Waals surface area contributed by atoms with Gasteiger partial charge in [-0.05, 0) is 68.1 Å². The van der Waals surface area contributed by atoms with Crippen molar-refractivity contribution in [3.05, 3.63) is 59.3 Å². The fraction of sp³-hybridized carbons (Fsp3) is 0.250. The molecule has 2 aromatic carbocycles. The number of anilines is 2. The van der Waals surface area contributed by atoms with Crippen LogP contribution < -0.4 is 10.1 Å². The predicted octanol–water partition coefficient (Wildman–Crippen LogP) is 5.21. The van der Waals surface area contributed by atoms with Gasteiger partial charge in [0.05, 0.1) is 18.3 Å². The van der Waals surface area contributed by atoms with E-state index in [4.69, 9.17) is 9.72 Å². The lowest BCUT2D eigenvalue weighted by Gasteiger charge is -2.15. The predicted molar refractivity (Wildman–Crippen MR) is 102 cm³/mol. The SMILES string of the molecule is COc1ccc(Nc2c3c(nc4ccc(C)cc24)CCC3)cc1.Cl. The van der Waals surface area contributed by atoms with Gasteiger partial charge in [0.1, 0.15) is 5.75 Å². The highest BCUT2D eigenvalue weighted by Gasteiger charge is 2.19. The highest BCUT2D eigenvalue weighted by molar-refractivity contribution is 5.96. The molecule has 0 saturated carbocycles. The van der Waals surface area contributed by atoms with Gasteiger partial charge in [-0.3, -0.25) is 4.98 Å². The van der Waals surface area contributed by atoms with Crippen molar-refractivity contribution in [2.24, 2.45) is 0 Å². The first-order valence-electron chi connectivity index (χ1n) is 8.08. The molecule has 1 N–H and O–H groups in total. The molecule has 4 heteroatoms. The van der Waals surface area contributed by atoms with Crippen LogP contribution in [0.1, 0.15) is 23.2 Å². The van der Waals surface area contributed by atoms with Crippen molar-refractivity contribution < 1.29 is 4.74 Å². The fourth-order valence-electron chi connectivity index (χ4n) is 3.34. The van der Waals surface area contributed by atoms with Gasteiger partial charge in [0.15, 0.2) is 0 Å². The summed E-state index contributed by atoms with van der Waals surface area (Å²) in [7, 11) is 1.69. The maximum atomic E-state index is 5.24. The van der Waals surface area contributed by atoms with Crippen LogP contribution in [0.4, 0.5) is 11.4 Å². The fourth-order valence-corrected chi connectivity index (χ4v) is 3.34. The Bertz CT molecular complexity index is 875. The maximum Gasteiger partial charge on any atom is 0.119 e. The molecule has 0 unspecified atom stereocenters. The zero-order chi connectivity index (χ0) is 15.8. The minimum atomic E-state index is 0. The summed E-state index contributed by atoms with van der Waals surface area (Å²) in [5.74, 6) is 0.871. The number of nitrogens with zero attached hydrogens (tertiary/aromatic N) is 1. The maximum absolute atomic E-state index is 5.24. The van der Waals surface area contributed by atoms with E-state index in [0.717, 1.165) is 29.8 Å². The van der Waals surface area contributed by atoms with Gasteiger partial charge in [-0.25, -0.2) is 0 Å². The van der Waals surface area contributed by atoms with Crippen LogP contribution >= 0.6 is 12.4 Å². The summed E-state index contributed by atoms with van der Waals surface area (Å²) in [4.78, 5) is 4.87. The van der Waals surface area contributed by atoms with E-state index >= 15 is 0 Å². The molecule has 3 aromatic rings. The Hall–Kier alpha value is -2.26. The Kier molecular flexibility index (Phi) is 4.63. The van der Waals surface area contributed by atoms with Crippen molar-refractivity contribution >= 4 is 34.7 Å². The quantitative estimate of drug-likeness (QED) is 0.711. The molecule has 4 rings (SSSR count). The number of halogens is 1. The number of ether oxygens (including phenoxy) is 1. The van der Waals surface area contributed by atoms with Crippen molar-refractivity contribution in [2.45, 2.75) is 26.2 Å². The van der Waals surface area contributed by atoms with E-state index in [1.807, 2.05) is 12.1 Å². The molecular weight excluding hydrogens is 320 g/mol. The van der Waals surface area contributed by atoms with Gasteiger partial charge in [0.25, 0.3) is 0 Å². The molecule has 124 valence electrons. The first kappa shape index (κ1) is 16.6. The standard InChI is InChI=1S/C20H20N2O.ClH/c1-13-6-11-19-17(12-13)20(16-4-3-5-18(16)22-19)21-14-7-9-15(23-2)10-8-14;/h6-12H,3-5H2,1-2H3,(H,21,22);1H. The second-order valence-corrected chi connectivity index (χ2v) is 6.14. The van der Waals surface area contributed by atoms with Gasteiger partial charge in [-0.2, -0.15) is 0 Å². The summed E-state index contributed by atoms with van der Waals surface area (Å²) in [5.41, 5.74) is 7.25. The van der Waals surface area contributed by atoms with Crippen LogP contribution in [0.2, 0.25) is 0 Å². The average Bonchev–Trinajstić information content (AvgIpc) is 3.04. The zero-order valence-electron chi connectivity index (χ0n) is 13.9. The molecule has 1 aromatic heterocycles. The summed E-state index contributed by atoms with van der Waals surface area (Å²) in [6.07, 6.45) is 3.37. The largest absolute Gasteiger partial charge is 0.497 e. The lowest BCUT2D eigenvalue weighted by molar-refractivity contribution is 0.415. The Labute approximate surface area is 148 Å². The van der Waals surface area contributed by atoms with Crippen molar-refractivity contribution in [3.63, 3.8) is 0 Å². The molecule has 1 heterocycles. The summed E-state index contributed by atoms with van der Waals surface area (Å²) in [5, 5.41) is 4.84. The van der Waals surface area contributed by atoms with E-state index in [-0.39, 0.29) is 12.4 Å². The summed E-state index contributed by atoms with van der Waals surface area (Å²) in [6, 6.07) is 14.6. The van der Waals surface area contributed by atoms with E-state index in [1.54, 1.807) is 7.11 Å². The molecule has 0 atom stereocenters. The lowest BCUT2D eigenvalue weighted by atomic mass is 10.0. The van der Waals surface area contributed by atoms with E-state index in [0.29, 0.717) is 0 Å². The van der Waals surface area contributed by atoms with Gasteiger partial charge in [-0.15, -0.1) is 12.4 Å². The Morgan fingerprint density at radius 2 is 1.83 bits per heavy atom. The normalized spacial score (nSPS) is 12.6. The third kappa shape index (κ3) is 2.92. The van der Waals surface area contributed by atoms with Crippen LogP contribution in [0, 0.1) is 6.92 Å². The van der Waals surface area contributed by atoms with Gasteiger partial charge in [-0.1, -0.05) is 11.6 Å². The van der Waals surface area contributed by atoms with Crippen LogP contribution in [-0.4, -0.2) is 12.1 Å². The average molecular weight is 341 g/mol. The Morgan fingerprint density at radius 1 is 1.04 bits per heavy atom. The second-order valence-electron chi connectivity index (χ2n) is 6.14. The molecule has 0 bridgehead atoms. The molecule has 1 aliphatic carbocycles. The number of aryl methyl sites for hydroxylation is 2. The number of hydrogen-bond acceptors (Lipinski definition) is 3. The minimum Gasteiger partial charge on any atom is -0.497 e. The van der Waals surface area contributed by atoms with Crippen molar-refractivity contribution in [3.8, 4) is 5.75 Å². The summed E-state index contributed by atoms with van der Waals surface area (Å²) < 4.78 is 5.24.